The summed E-state index contributed by atoms with van der Waals surface area (Å²) in [5, 5.41) is 3.22. The highest BCUT2D eigenvalue weighted by atomic mass is 32.2. The molecule has 2 atom stereocenters. The van der Waals surface area contributed by atoms with Gasteiger partial charge in [0.15, 0.2) is 0 Å². The van der Waals surface area contributed by atoms with E-state index in [1.54, 1.807) is 16.7 Å². The largest absolute Gasteiger partial charge is 0.444 e. The molecule has 2 fully saturated rings. The third-order valence-electron chi connectivity index (χ3n) is 2.69. The highest BCUT2D eigenvalue weighted by molar-refractivity contribution is 8.00. The van der Waals surface area contributed by atoms with Crippen molar-refractivity contribution in [3.8, 4) is 0 Å². The lowest BCUT2D eigenvalue weighted by molar-refractivity contribution is -0.119. The number of carbonyl (C=O) groups excluding carboxylic acids is 2. The zero-order chi connectivity index (χ0) is 12.6. The average Bonchev–Trinajstić information content (AvgIpc) is 2.57. The lowest BCUT2D eigenvalue weighted by Crippen LogP contribution is -2.47. The number of likely N-dealkylation sites (tertiary alicyclic amines) is 1. The first-order valence-electron chi connectivity index (χ1n) is 5.74. The number of hydrogen-bond acceptors (Lipinski definition) is 4. The molecule has 17 heavy (non-hydrogen) atoms. The summed E-state index contributed by atoms with van der Waals surface area (Å²) >= 11 is 1.62. The number of ether oxygens (including phenoxy) is 1. The summed E-state index contributed by atoms with van der Waals surface area (Å²) in [6.45, 7) is 6.77. The summed E-state index contributed by atoms with van der Waals surface area (Å²) in [5.41, 5.74) is -0.471. The molecule has 0 radical (unpaired) electrons. The topological polar surface area (TPSA) is 58.6 Å². The summed E-state index contributed by atoms with van der Waals surface area (Å²) in [5.74, 6) is 0.547. The van der Waals surface area contributed by atoms with E-state index < -0.39 is 5.60 Å². The second-order valence-electron chi connectivity index (χ2n) is 5.41. The number of nitrogens with zero attached hydrogens (tertiary/aromatic N) is 1. The van der Waals surface area contributed by atoms with Crippen molar-refractivity contribution in [2.45, 2.75) is 37.7 Å². The summed E-state index contributed by atoms with van der Waals surface area (Å²) in [4.78, 5) is 24.8. The molecular weight excluding hydrogens is 240 g/mol. The van der Waals surface area contributed by atoms with Gasteiger partial charge in [-0.1, -0.05) is 0 Å². The Morgan fingerprint density at radius 3 is 2.82 bits per heavy atom. The predicted molar refractivity (Wildman–Crippen MR) is 66.0 cm³/mol. The molecule has 0 aliphatic carbocycles. The Labute approximate surface area is 105 Å². The Bertz CT molecular complexity index is 340. The Morgan fingerprint density at radius 1 is 1.47 bits per heavy atom. The van der Waals surface area contributed by atoms with Gasteiger partial charge in [-0.25, -0.2) is 4.79 Å². The summed E-state index contributed by atoms with van der Waals surface area (Å²) < 4.78 is 5.32. The minimum atomic E-state index is -0.471. The molecule has 2 aliphatic rings. The second kappa shape index (κ2) is 4.40. The van der Waals surface area contributed by atoms with E-state index in [0.29, 0.717) is 24.1 Å². The fraction of sp³-hybridized carbons (Fsp3) is 0.818. The zero-order valence-electron chi connectivity index (χ0n) is 10.4. The molecule has 0 spiro atoms. The van der Waals surface area contributed by atoms with E-state index in [2.05, 4.69) is 5.32 Å². The summed E-state index contributed by atoms with van der Waals surface area (Å²) in [6, 6.07) is 0.0776. The third-order valence-corrected chi connectivity index (χ3v) is 4.03. The molecule has 0 aromatic heterocycles. The molecule has 5 nitrogen and oxygen atoms in total. The number of hydrogen-bond donors (Lipinski definition) is 1. The quantitative estimate of drug-likeness (QED) is 0.699. The summed E-state index contributed by atoms with van der Waals surface area (Å²) in [7, 11) is 0. The molecule has 2 aliphatic heterocycles. The predicted octanol–water partition coefficient (Wildman–Crippen LogP) is 0.837. The molecule has 1 N–H and O–H groups in total. The Kier molecular flexibility index (Phi) is 3.25. The van der Waals surface area contributed by atoms with E-state index in [9.17, 15) is 9.59 Å². The molecule has 2 rings (SSSR count). The third kappa shape index (κ3) is 3.06. The maximum absolute atomic E-state index is 11.9. The van der Waals surface area contributed by atoms with Crippen LogP contribution in [0, 0.1) is 0 Å². The van der Waals surface area contributed by atoms with Gasteiger partial charge in [0.05, 0.1) is 11.8 Å². The van der Waals surface area contributed by atoms with Crippen molar-refractivity contribution in [2.75, 3.05) is 18.8 Å². The van der Waals surface area contributed by atoms with Gasteiger partial charge < -0.3 is 15.0 Å². The minimum Gasteiger partial charge on any atom is -0.444 e. The first kappa shape index (κ1) is 12.5. The standard InChI is InChI=1S/C11H18N2O3S/c1-11(2,3)16-10(15)13-4-7-8(5-13)17-6-9(14)12-7/h7-8H,4-6H2,1-3H3,(H,12,14)/t7-,8+/m0/s1. The van der Waals surface area contributed by atoms with E-state index in [4.69, 9.17) is 4.74 Å². The minimum absolute atomic E-state index is 0.0577. The van der Waals surface area contributed by atoms with Crippen LogP contribution in [0.3, 0.4) is 0 Å². The van der Waals surface area contributed by atoms with Crippen LogP contribution < -0.4 is 5.32 Å². The highest BCUT2D eigenvalue weighted by Crippen LogP contribution is 2.27. The maximum Gasteiger partial charge on any atom is 0.410 e. The molecule has 0 bridgehead atoms. The second-order valence-corrected chi connectivity index (χ2v) is 6.64. The van der Waals surface area contributed by atoms with E-state index in [-0.39, 0.29) is 18.0 Å². The molecule has 0 unspecified atom stereocenters. The van der Waals surface area contributed by atoms with Gasteiger partial charge in [-0.2, -0.15) is 0 Å². The van der Waals surface area contributed by atoms with Crippen LogP contribution in [0.5, 0.6) is 0 Å². The van der Waals surface area contributed by atoms with Gasteiger partial charge in [-0.05, 0) is 20.8 Å². The van der Waals surface area contributed by atoms with Crippen LogP contribution in [0.1, 0.15) is 20.8 Å². The van der Waals surface area contributed by atoms with Crippen LogP contribution in [0.15, 0.2) is 0 Å². The van der Waals surface area contributed by atoms with E-state index >= 15 is 0 Å². The van der Waals surface area contributed by atoms with Crippen molar-refractivity contribution in [1.82, 2.24) is 10.2 Å². The number of amides is 2. The number of nitrogens with one attached hydrogen (secondary N) is 1. The zero-order valence-corrected chi connectivity index (χ0v) is 11.2. The average molecular weight is 258 g/mol. The SMILES string of the molecule is CC(C)(C)OC(=O)N1C[C@@H]2NC(=O)CS[C@@H]2C1. The molecule has 0 saturated carbocycles. The normalized spacial score (nSPS) is 28.6. The van der Waals surface area contributed by atoms with Crippen molar-refractivity contribution in [3.05, 3.63) is 0 Å². The van der Waals surface area contributed by atoms with Crippen LogP contribution in [0.25, 0.3) is 0 Å². The van der Waals surface area contributed by atoms with Crippen molar-refractivity contribution in [3.63, 3.8) is 0 Å². The Balaban J connectivity index is 1.93. The van der Waals surface area contributed by atoms with Crippen molar-refractivity contribution in [1.29, 1.82) is 0 Å². The van der Waals surface area contributed by atoms with Gasteiger partial charge in [0.2, 0.25) is 5.91 Å². The molecule has 2 amide bonds. The molecule has 2 heterocycles. The fourth-order valence-corrected chi connectivity index (χ4v) is 3.11. The first-order chi connectivity index (χ1) is 7.85. The number of fused-ring (bicyclic) bond motifs is 1. The number of rotatable bonds is 0. The van der Waals surface area contributed by atoms with Crippen LogP contribution in [-0.4, -0.2) is 52.6 Å². The molecule has 2 saturated heterocycles. The monoisotopic (exact) mass is 258 g/mol. The number of thioether (sulfide) groups is 1. The van der Waals surface area contributed by atoms with Crippen LogP contribution in [0.2, 0.25) is 0 Å². The van der Waals surface area contributed by atoms with Crippen molar-refractivity contribution in [2.24, 2.45) is 0 Å². The maximum atomic E-state index is 11.9. The molecule has 96 valence electrons. The molecule has 0 aromatic rings. The van der Waals surface area contributed by atoms with Gasteiger partial charge in [0, 0.05) is 18.3 Å². The van der Waals surface area contributed by atoms with Gasteiger partial charge in [-0.3, -0.25) is 4.79 Å². The van der Waals surface area contributed by atoms with E-state index in [1.165, 1.54) is 0 Å². The molecule has 0 aromatic carbocycles. The van der Waals surface area contributed by atoms with Crippen molar-refractivity contribution >= 4 is 23.8 Å². The van der Waals surface area contributed by atoms with Gasteiger partial charge in [0.1, 0.15) is 5.60 Å². The van der Waals surface area contributed by atoms with Gasteiger partial charge in [0.25, 0.3) is 0 Å². The Hall–Kier alpha value is -0.910. The highest BCUT2D eigenvalue weighted by Gasteiger charge is 2.40. The summed E-state index contributed by atoms with van der Waals surface area (Å²) in [6.07, 6.45) is -0.290. The number of carbonyl (C=O) groups is 2. The smallest absolute Gasteiger partial charge is 0.410 e. The van der Waals surface area contributed by atoms with Gasteiger partial charge >= 0.3 is 6.09 Å². The van der Waals surface area contributed by atoms with Crippen LogP contribution >= 0.6 is 11.8 Å². The molecule has 6 heteroatoms. The van der Waals surface area contributed by atoms with E-state index in [1.807, 2.05) is 20.8 Å². The van der Waals surface area contributed by atoms with Gasteiger partial charge in [-0.15, -0.1) is 11.8 Å². The van der Waals surface area contributed by atoms with Crippen LogP contribution in [0.4, 0.5) is 4.79 Å². The molecular formula is C11H18N2O3S. The lowest BCUT2D eigenvalue weighted by Gasteiger charge is -2.24. The first-order valence-corrected chi connectivity index (χ1v) is 6.79. The fourth-order valence-electron chi connectivity index (χ4n) is 1.99. The van der Waals surface area contributed by atoms with Crippen LogP contribution in [-0.2, 0) is 9.53 Å². The van der Waals surface area contributed by atoms with E-state index in [0.717, 1.165) is 0 Å². The van der Waals surface area contributed by atoms with Crippen molar-refractivity contribution < 1.29 is 14.3 Å². The Morgan fingerprint density at radius 2 is 2.18 bits per heavy atom. The lowest BCUT2D eigenvalue weighted by atomic mass is 10.2.